The molecule has 0 aromatic heterocycles. The fourth-order valence-electron chi connectivity index (χ4n) is 2.91. The van der Waals surface area contributed by atoms with Crippen molar-refractivity contribution in [1.29, 1.82) is 0 Å². The number of rotatable bonds is 4. The van der Waals surface area contributed by atoms with Gasteiger partial charge in [-0.2, -0.15) is 0 Å². The van der Waals surface area contributed by atoms with Crippen LogP contribution >= 0.6 is 11.6 Å². The minimum absolute atomic E-state index is 0.540. The second-order valence-electron chi connectivity index (χ2n) is 5.63. The van der Waals surface area contributed by atoms with Crippen molar-refractivity contribution in [2.75, 3.05) is 18.0 Å². The molecule has 0 saturated carbocycles. The molecule has 0 bridgehead atoms. The van der Waals surface area contributed by atoms with Crippen LogP contribution in [0.3, 0.4) is 0 Å². The highest BCUT2D eigenvalue weighted by molar-refractivity contribution is 6.30. The SMILES string of the molecule is Clc1cccc(N2CCCC(NCc3ccccc3)C2)c1. The third-order valence-corrected chi connectivity index (χ3v) is 4.27. The molecule has 1 fully saturated rings. The van der Waals surface area contributed by atoms with Gasteiger partial charge < -0.3 is 10.2 Å². The Morgan fingerprint density at radius 1 is 1.10 bits per heavy atom. The molecular weight excluding hydrogens is 280 g/mol. The monoisotopic (exact) mass is 300 g/mol. The zero-order valence-corrected chi connectivity index (χ0v) is 12.9. The number of anilines is 1. The Hall–Kier alpha value is -1.51. The molecule has 110 valence electrons. The average Bonchev–Trinajstić information content (AvgIpc) is 2.54. The number of hydrogen-bond acceptors (Lipinski definition) is 2. The van der Waals surface area contributed by atoms with Crippen molar-refractivity contribution in [3.05, 3.63) is 65.2 Å². The first-order valence-electron chi connectivity index (χ1n) is 7.59. The van der Waals surface area contributed by atoms with Crippen molar-refractivity contribution in [1.82, 2.24) is 5.32 Å². The molecule has 2 aromatic carbocycles. The van der Waals surface area contributed by atoms with Crippen LogP contribution in [0.4, 0.5) is 5.69 Å². The van der Waals surface area contributed by atoms with Crippen LogP contribution in [-0.2, 0) is 6.54 Å². The van der Waals surface area contributed by atoms with E-state index in [0.717, 1.165) is 24.7 Å². The summed E-state index contributed by atoms with van der Waals surface area (Å²) in [5.74, 6) is 0. The molecule has 0 amide bonds. The van der Waals surface area contributed by atoms with Gasteiger partial charge in [-0.1, -0.05) is 48.0 Å². The maximum Gasteiger partial charge on any atom is 0.0426 e. The molecule has 2 aromatic rings. The molecule has 0 radical (unpaired) electrons. The van der Waals surface area contributed by atoms with Gasteiger partial charge in [0.25, 0.3) is 0 Å². The van der Waals surface area contributed by atoms with Crippen molar-refractivity contribution in [3.8, 4) is 0 Å². The minimum atomic E-state index is 0.540. The molecule has 1 aliphatic heterocycles. The normalized spacial score (nSPS) is 18.7. The fraction of sp³-hybridized carbons (Fsp3) is 0.333. The van der Waals surface area contributed by atoms with E-state index >= 15 is 0 Å². The molecular formula is C18H21ClN2. The first kappa shape index (κ1) is 14.4. The van der Waals surface area contributed by atoms with E-state index in [0.29, 0.717) is 6.04 Å². The summed E-state index contributed by atoms with van der Waals surface area (Å²) in [7, 11) is 0. The predicted octanol–water partition coefficient (Wildman–Crippen LogP) is 4.10. The Labute approximate surface area is 131 Å². The Kier molecular flexibility index (Phi) is 4.79. The number of piperidine rings is 1. The highest BCUT2D eigenvalue weighted by Gasteiger charge is 2.19. The van der Waals surface area contributed by atoms with Gasteiger partial charge in [-0.05, 0) is 36.6 Å². The quantitative estimate of drug-likeness (QED) is 0.914. The summed E-state index contributed by atoms with van der Waals surface area (Å²) in [6.07, 6.45) is 2.46. The van der Waals surface area contributed by atoms with Crippen molar-refractivity contribution < 1.29 is 0 Å². The van der Waals surface area contributed by atoms with Crippen molar-refractivity contribution in [2.45, 2.75) is 25.4 Å². The number of hydrogen-bond donors (Lipinski definition) is 1. The topological polar surface area (TPSA) is 15.3 Å². The number of nitrogens with zero attached hydrogens (tertiary/aromatic N) is 1. The standard InChI is InChI=1S/C18H21ClN2/c19-16-8-4-10-18(12-16)21-11-5-9-17(14-21)20-13-15-6-2-1-3-7-15/h1-4,6-8,10,12,17,20H,5,9,11,13-14H2. The van der Waals surface area contributed by atoms with Gasteiger partial charge in [-0.25, -0.2) is 0 Å². The molecule has 0 aliphatic carbocycles. The molecule has 3 rings (SSSR count). The van der Waals surface area contributed by atoms with Gasteiger partial charge >= 0.3 is 0 Å². The lowest BCUT2D eigenvalue weighted by Gasteiger charge is -2.35. The Morgan fingerprint density at radius 2 is 1.95 bits per heavy atom. The lowest BCUT2D eigenvalue weighted by Crippen LogP contribution is -2.45. The highest BCUT2D eigenvalue weighted by Crippen LogP contribution is 2.23. The number of benzene rings is 2. The van der Waals surface area contributed by atoms with E-state index in [-0.39, 0.29) is 0 Å². The van der Waals surface area contributed by atoms with Crippen molar-refractivity contribution >= 4 is 17.3 Å². The highest BCUT2D eigenvalue weighted by atomic mass is 35.5. The van der Waals surface area contributed by atoms with Crippen LogP contribution in [-0.4, -0.2) is 19.1 Å². The lowest BCUT2D eigenvalue weighted by atomic mass is 10.0. The summed E-state index contributed by atoms with van der Waals surface area (Å²) < 4.78 is 0. The first-order chi connectivity index (χ1) is 10.3. The summed E-state index contributed by atoms with van der Waals surface area (Å²) in [5, 5.41) is 4.49. The zero-order valence-electron chi connectivity index (χ0n) is 12.1. The maximum atomic E-state index is 6.10. The van der Waals surface area contributed by atoms with E-state index in [2.05, 4.69) is 52.7 Å². The number of halogens is 1. The molecule has 1 saturated heterocycles. The van der Waals surface area contributed by atoms with Crippen LogP contribution in [0, 0.1) is 0 Å². The summed E-state index contributed by atoms with van der Waals surface area (Å²) in [4.78, 5) is 2.43. The second-order valence-corrected chi connectivity index (χ2v) is 6.07. The third-order valence-electron chi connectivity index (χ3n) is 4.03. The molecule has 0 spiro atoms. The summed E-state index contributed by atoms with van der Waals surface area (Å²) in [6, 6.07) is 19.3. The lowest BCUT2D eigenvalue weighted by molar-refractivity contribution is 0.421. The second kappa shape index (κ2) is 6.97. The van der Waals surface area contributed by atoms with E-state index in [1.54, 1.807) is 0 Å². The van der Waals surface area contributed by atoms with Gasteiger partial charge in [0.1, 0.15) is 0 Å². The van der Waals surface area contributed by atoms with E-state index in [4.69, 9.17) is 11.6 Å². The third kappa shape index (κ3) is 3.99. The zero-order chi connectivity index (χ0) is 14.5. The van der Waals surface area contributed by atoms with Gasteiger partial charge in [0.2, 0.25) is 0 Å². The summed E-state index contributed by atoms with van der Waals surface area (Å²) >= 11 is 6.10. The Bertz CT molecular complexity index is 570. The van der Waals surface area contributed by atoms with Gasteiger partial charge in [0.05, 0.1) is 0 Å². The van der Waals surface area contributed by atoms with Crippen LogP contribution in [0.5, 0.6) is 0 Å². The molecule has 1 aliphatic rings. The van der Waals surface area contributed by atoms with Crippen LogP contribution in [0.25, 0.3) is 0 Å². The molecule has 1 N–H and O–H groups in total. The maximum absolute atomic E-state index is 6.10. The Balaban J connectivity index is 1.58. The molecule has 3 heteroatoms. The van der Waals surface area contributed by atoms with E-state index in [1.165, 1.54) is 24.1 Å². The van der Waals surface area contributed by atoms with E-state index < -0.39 is 0 Å². The summed E-state index contributed by atoms with van der Waals surface area (Å²) in [5.41, 5.74) is 2.58. The predicted molar refractivity (Wildman–Crippen MR) is 90.0 cm³/mol. The molecule has 21 heavy (non-hydrogen) atoms. The minimum Gasteiger partial charge on any atom is -0.370 e. The first-order valence-corrected chi connectivity index (χ1v) is 7.97. The van der Waals surface area contributed by atoms with Gasteiger partial charge in [-0.15, -0.1) is 0 Å². The smallest absolute Gasteiger partial charge is 0.0426 e. The van der Waals surface area contributed by atoms with Gasteiger partial charge in [0.15, 0.2) is 0 Å². The molecule has 1 unspecified atom stereocenters. The van der Waals surface area contributed by atoms with Crippen LogP contribution in [0.2, 0.25) is 5.02 Å². The largest absolute Gasteiger partial charge is 0.370 e. The van der Waals surface area contributed by atoms with Crippen molar-refractivity contribution in [3.63, 3.8) is 0 Å². The van der Waals surface area contributed by atoms with Gasteiger partial charge in [0, 0.05) is 36.4 Å². The Morgan fingerprint density at radius 3 is 2.76 bits per heavy atom. The fourth-order valence-corrected chi connectivity index (χ4v) is 3.09. The van der Waals surface area contributed by atoms with E-state index in [9.17, 15) is 0 Å². The average molecular weight is 301 g/mol. The van der Waals surface area contributed by atoms with Crippen LogP contribution < -0.4 is 10.2 Å². The molecule has 1 atom stereocenters. The van der Waals surface area contributed by atoms with Crippen molar-refractivity contribution in [2.24, 2.45) is 0 Å². The van der Waals surface area contributed by atoms with E-state index in [1.807, 2.05) is 12.1 Å². The number of nitrogens with one attached hydrogen (secondary N) is 1. The molecule has 2 nitrogen and oxygen atoms in total. The summed E-state index contributed by atoms with van der Waals surface area (Å²) in [6.45, 7) is 3.10. The van der Waals surface area contributed by atoms with Crippen LogP contribution in [0.15, 0.2) is 54.6 Å². The molecule has 1 heterocycles. The van der Waals surface area contributed by atoms with Crippen LogP contribution in [0.1, 0.15) is 18.4 Å². The van der Waals surface area contributed by atoms with Gasteiger partial charge in [-0.3, -0.25) is 0 Å².